The largest absolute Gasteiger partial charge is 0.380 e. The summed E-state index contributed by atoms with van der Waals surface area (Å²) in [5, 5.41) is 3.65. The lowest BCUT2D eigenvalue weighted by atomic mass is 9.98. The lowest BCUT2D eigenvalue weighted by Gasteiger charge is -2.34. The average Bonchev–Trinajstić information content (AvgIpc) is 2.74. The van der Waals surface area contributed by atoms with Gasteiger partial charge in [-0.2, -0.15) is 0 Å². The molecule has 1 aromatic carbocycles. The normalized spacial score (nSPS) is 20.4. The summed E-state index contributed by atoms with van der Waals surface area (Å²) in [5.74, 6) is 0. The van der Waals surface area contributed by atoms with Gasteiger partial charge in [-0.3, -0.25) is 4.90 Å². The Hall–Kier alpha value is -0.900. The van der Waals surface area contributed by atoms with Gasteiger partial charge in [-0.05, 0) is 32.4 Å². The minimum atomic E-state index is 0.388. The highest BCUT2D eigenvalue weighted by atomic mass is 16.5. The van der Waals surface area contributed by atoms with Crippen LogP contribution in [0.4, 0.5) is 0 Å². The topological polar surface area (TPSA) is 24.5 Å². The van der Waals surface area contributed by atoms with Crippen molar-refractivity contribution in [2.45, 2.75) is 39.3 Å². The fourth-order valence-electron chi connectivity index (χ4n) is 2.94. The number of nitrogens with one attached hydrogen (secondary N) is 1. The standard InChI is InChI=1S/C17H28N2O/c1-4-18-17(16-8-6-14(2)7-9-16)15(3)19-10-5-12-20-13-11-19/h6-9,15,17-18H,4-5,10-13H2,1-3H3. The van der Waals surface area contributed by atoms with Crippen molar-refractivity contribution in [3.05, 3.63) is 35.4 Å². The Kier molecular flexibility index (Phi) is 6.02. The van der Waals surface area contributed by atoms with E-state index in [2.05, 4.69) is 55.3 Å². The molecule has 1 aliphatic rings. The van der Waals surface area contributed by atoms with Crippen LogP contribution in [0.3, 0.4) is 0 Å². The Morgan fingerprint density at radius 3 is 2.65 bits per heavy atom. The summed E-state index contributed by atoms with van der Waals surface area (Å²) in [4.78, 5) is 2.56. The van der Waals surface area contributed by atoms with Crippen LogP contribution in [0.25, 0.3) is 0 Å². The van der Waals surface area contributed by atoms with Crippen molar-refractivity contribution in [3.63, 3.8) is 0 Å². The highest BCUT2D eigenvalue weighted by molar-refractivity contribution is 5.25. The smallest absolute Gasteiger partial charge is 0.0593 e. The maximum Gasteiger partial charge on any atom is 0.0593 e. The molecule has 2 atom stereocenters. The minimum absolute atomic E-state index is 0.388. The average molecular weight is 276 g/mol. The minimum Gasteiger partial charge on any atom is -0.380 e. The Bertz CT molecular complexity index is 382. The fourth-order valence-corrected chi connectivity index (χ4v) is 2.94. The van der Waals surface area contributed by atoms with Gasteiger partial charge in [0.25, 0.3) is 0 Å². The van der Waals surface area contributed by atoms with Crippen LogP contribution in [0.2, 0.25) is 0 Å². The second-order valence-electron chi connectivity index (χ2n) is 5.69. The number of hydrogen-bond donors (Lipinski definition) is 1. The summed E-state index contributed by atoms with van der Waals surface area (Å²) in [6.07, 6.45) is 1.14. The van der Waals surface area contributed by atoms with E-state index in [1.54, 1.807) is 0 Å². The van der Waals surface area contributed by atoms with Crippen molar-refractivity contribution in [2.24, 2.45) is 0 Å². The predicted molar refractivity (Wildman–Crippen MR) is 84.1 cm³/mol. The van der Waals surface area contributed by atoms with E-state index in [1.165, 1.54) is 11.1 Å². The van der Waals surface area contributed by atoms with Gasteiger partial charge >= 0.3 is 0 Å². The molecule has 1 heterocycles. The zero-order valence-corrected chi connectivity index (χ0v) is 13.1. The van der Waals surface area contributed by atoms with Crippen LogP contribution < -0.4 is 5.32 Å². The Morgan fingerprint density at radius 2 is 1.95 bits per heavy atom. The SMILES string of the molecule is CCNC(c1ccc(C)cc1)C(C)N1CCCOCC1. The molecule has 2 unspecified atom stereocenters. The lowest BCUT2D eigenvalue weighted by Crippen LogP contribution is -2.44. The number of aryl methyl sites for hydroxylation is 1. The summed E-state index contributed by atoms with van der Waals surface area (Å²) in [6.45, 7) is 11.6. The molecule has 1 N–H and O–H groups in total. The molecule has 1 aliphatic heterocycles. The van der Waals surface area contributed by atoms with Crippen LogP contribution in [0.15, 0.2) is 24.3 Å². The molecule has 3 heteroatoms. The zero-order valence-electron chi connectivity index (χ0n) is 13.1. The molecule has 0 aromatic heterocycles. The molecule has 0 bridgehead atoms. The molecule has 112 valence electrons. The summed E-state index contributed by atoms with van der Waals surface area (Å²) in [5.41, 5.74) is 2.70. The third-order valence-corrected chi connectivity index (χ3v) is 4.18. The Morgan fingerprint density at radius 1 is 1.20 bits per heavy atom. The van der Waals surface area contributed by atoms with E-state index < -0.39 is 0 Å². The van der Waals surface area contributed by atoms with Gasteiger partial charge in [0.1, 0.15) is 0 Å². The van der Waals surface area contributed by atoms with Gasteiger partial charge in [-0.1, -0.05) is 36.8 Å². The van der Waals surface area contributed by atoms with Gasteiger partial charge in [-0.15, -0.1) is 0 Å². The fraction of sp³-hybridized carbons (Fsp3) is 0.647. The van der Waals surface area contributed by atoms with E-state index in [0.717, 1.165) is 39.3 Å². The number of rotatable bonds is 5. The highest BCUT2D eigenvalue weighted by Crippen LogP contribution is 2.22. The quantitative estimate of drug-likeness (QED) is 0.895. The first-order valence-electron chi connectivity index (χ1n) is 7.84. The van der Waals surface area contributed by atoms with Crippen molar-refractivity contribution >= 4 is 0 Å². The van der Waals surface area contributed by atoms with Crippen molar-refractivity contribution in [1.82, 2.24) is 10.2 Å². The third kappa shape index (κ3) is 4.05. The molecule has 0 spiro atoms. The van der Waals surface area contributed by atoms with E-state index in [4.69, 9.17) is 4.74 Å². The second kappa shape index (κ2) is 7.77. The van der Waals surface area contributed by atoms with Crippen molar-refractivity contribution in [2.75, 3.05) is 32.8 Å². The molecule has 1 saturated heterocycles. The number of hydrogen-bond acceptors (Lipinski definition) is 3. The van der Waals surface area contributed by atoms with Gasteiger partial charge in [0.2, 0.25) is 0 Å². The molecule has 0 aliphatic carbocycles. The summed E-state index contributed by atoms with van der Waals surface area (Å²) >= 11 is 0. The molecule has 0 radical (unpaired) electrons. The maximum atomic E-state index is 5.57. The van der Waals surface area contributed by atoms with Crippen molar-refractivity contribution in [1.29, 1.82) is 0 Å². The van der Waals surface area contributed by atoms with Crippen LogP contribution in [0.5, 0.6) is 0 Å². The van der Waals surface area contributed by atoms with E-state index in [1.807, 2.05) is 0 Å². The van der Waals surface area contributed by atoms with Gasteiger partial charge in [0, 0.05) is 31.8 Å². The number of nitrogens with zero attached hydrogens (tertiary/aromatic N) is 1. The van der Waals surface area contributed by atoms with E-state index >= 15 is 0 Å². The lowest BCUT2D eigenvalue weighted by molar-refractivity contribution is 0.125. The van der Waals surface area contributed by atoms with Crippen LogP contribution >= 0.6 is 0 Å². The Balaban J connectivity index is 2.11. The summed E-state index contributed by atoms with van der Waals surface area (Å²) in [7, 11) is 0. The molecule has 20 heavy (non-hydrogen) atoms. The van der Waals surface area contributed by atoms with E-state index in [0.29, 0.717) is 12.1 Å². The summed E-state index contributed by atoms with van der Waals surface area (Å²) in [6, 6.07) is 9.80. The first-order chi connectivity index (χ1) is 9.72. The molecule has 0 saturated carbocycles. The van der Waals surface area contributed by atoms with Crippen molar-refractivity contribution < 1.29 is 4.74 Å². The zero-order chi connectivity index (χ0) is 14.4. The van der Waals surface area contributed by atoms with Crippen LogP contribution in [-0.4, -0.2) is 43.8 Å². The van der Waals surface area contributed by atoms with Gasteiger partial charge in [0.05, 0.1) is 6.61 Å². The molecule has 1 fully saturated rings. The van der Waals surface area contributed by atoms with Gasteiger partial charge < -0.3 is 10.1 Å². The maximum absolute atomic E-state index is 5.57. The van der Waals surface area contributed by atoms with Crippen LogP contribution in [-0.2, 0) is 4.74 Å². The van der Waals surface area contributed by atoms with Crippen LogP contribution in [0, 0.1) is 6.92 Å². The predicted octanol–water partition coefficient (Wildman–Crippen LogP) is 2.76. The summed E-state index contributed by atoms with van der Waals surface area (Å²) < 4.78 is 5.57. The van der Waals surface area contributed by atoms with E-state index in [-0.39, 0.29) is 0 Å². The van der Waals surface area contributed by atoms with E-state index in [9.17, 15) is 0 Å². The molecular formula is C17H28N2O. The number of ether oxygens (including phenoxy) is 1. The first kappa shape index (κ1) is 15.5. The molecule has 2 rings (SSSR count). The second-order valence-corrected chi connectivity index (χ2v) is 5.69. The number of likely N-dealkylation sites (N-methyl/N-ethyl adjacent to an activating group) is 1. The Labute approximate surface area is 123 Å². The first-order valence-corrected chi connectivity index (χ1v) is 7.84. The van der Waals surface area contributed by atoms with Gasteiger partial charge in [-0.25, -0.2) is 0 Å². The monoisotopic (exact) mass is 276 g/mol. The third-order valence-electron chi connectivity index (χ3n) is 4.18. The molecule has 0 amide bonds. The van der Waals surface area contributed by atoms with Gasteiger partial charge in [0.15, 0.2) is 0 Å². The van der Waals surface area contributed by atoms with Crippen molar-refractivity contribution in [3.8, 4) is 0 Å². The molecular weight excluding hydrogens is 248 g/mol. The van der Waals surface area contributed by atoms with Crippen LogP contribution in [0.1, 0.15) is 37.4 Å². The highest BCUT2D eigenvalue weighted by Gasteiger charge is 2.24. The molecule has 1 aromatic rings. The molecule has 3 nitrogen and oxygen atoms in total. The number of benzene rings is 1.